The third-order valence-electron chi connectivity index (χ3n) is 2.95. The number of H-pyrrole nitrogens is 1. The molecule has 1 aromatic carbocycles. The maximum atomic E-state index is 13.2. The van der Waals surface area contributed by atoms with Crippen LogP contribution in [0.4, 0.5) is 10.1 Å². The van der Waals surface area contributed by atoms with Crippen LogP contribution < -0.4 is 5.32 Å². The minimum absolute atomic E-state index is 0.342. The molecule has 0 aliphatic heterocycles. The number of aromatic carboxylic acids is 1. The highest BCUT2D eigenvalue weighted by atomic mass is 19.1. The molecule has 2 aromatic rings. The van der Waals surface area contributed by atoms with Crippen LogP contribution in [0.3, 0.4) is 0 Å². The third-order valence-corrected chi connectivity index (χ3v) is 2.95. The van der Waals surface area contributed by atoms with E-state index in [0.29, 0.717) is 12.2 Å². The zero-order valence-corrected chi connectivity index (χ0v) is 10.6. The smallest absolute Gasteiger partial charge is 0.338 e. The number of aromatic nitrogens is 2. The largest absolute Gasteiger partial charge is 0.478 e. The Bertz CT molecular complexity index is 603. The first-order valence-corrected chi connectivity index (χ1v) is 5.76. The number of carbonyl (C=O) groups is 1. The molecule has 1 heterocycles. The molecule has 100 valence electrons. The Balaban J connectivity index is 2.16. The van der Waals surface area contributed by atoms with Gasteiger partial charge in [-0.3, -0.25) is 5.10 Å². The summed E-state index contributed by atoms with van der Waals surface area (Å²) in [4.78, 5) is 10.8. The quantitative estimate of drug-likeness (QED) is 0.791. The zero-order chi connectivity index (χ0) is 14.0. The number of aromatic amines is 1. The summed E-state index contributed by atoms with van der Waals surface area (Å²) in [5, 5.41) is 18.8. The molecule has 0 bridgehead atoms. The van der Waals surface area contributed by atoms with Gasteiger partial charge in [0.25, 0.3) is 0 Å². The van der Waals surface area contributed by atoms with E-state index in [1.165, 1.54) is 12.1 Å². The molecule has 0 amide bonds. The van der Waals surface area contributed by atoms with Crippen LogP contribution in [-0.4, -0.2) is 21.3 Å². The summed E-state index contributed by atoms with van der Waals surface area (Å²) in [6.45, 7) is 4.29. The van der Waals surface area contributed by atoms with Gasteiger partial charge in [-0.2, -0.15) is 5.10 Å². The van der Waals surface area contributed by atoms with Gasteiger partial charge in [0.1, 0.15) is 5.82 Å². The molecule has 5 nitrogen and oxygen atoms in total. The Morgan fingerprint density at radius 3 is 2.79 bits per heavy atom. The Labute approximate surface area is 109 Å². The first kappa shape index (κ1) is 13.1. The van der Waals surface area contributed by atoms with Gasteiger partial charge in [0.2, 0.25) is 0 Å². The van der Waals surface area contributed by atoms with E-state index in [1.807, 2.05) is 13.8 Å². The number of hydrogen-bond donors (Lipinski definition) is 3. The molecule has 0 aliphatic carbocycles. The Kier molecular flexibility index (Phi) is 3.50. The lowest BCUT2D eigenvalue weighted by atomic mass is 10.1. The van der Waals surface area contributed by atoms with Gasteiger partial charge in [0, 0.05) is 23.5 Å². The van der Waals surface area contributed by atoms with Crippen LogP contribution in [0.1, 0.15) is 27.3 Å². The summed E-state index contributed by atoms with van der Waals surface area (Å²) >= 11 is 0. The van der Waals surface area contributed by atoms with Crippen LogP contribution in [0.15, 0.2) is 18.2 Å². The summed E-state index contributed by atoms with van der Waals surface area (Å²) in [6.07, 6.45) is 0. The summed E-state index contributed by atoms with van der Waals surface area (Å²) in [7, 11) is 0. The Morgan fingerprint density at radius 2 is 2.21 bits per heavy atom. The molecule has 0 aliphatic rings. The van der Waals surface area contributed by atoms with Crippen LogP contribution in [0.2, 0.25) is 0 Å². The van der Waals surface area contributed by atoms with E-state index in [2.05, 4.69) is 15.5 Å². The van der Waals surface area contributed by atoms with Gasteiger partial charge in [-0.05, 0) is 32.0 Å². The van der Waals surface area contributed by atoms with Crippen LogP contribution >= 0.6 is 0 Å². The number of hydrogen-bond acceptors (Lipinski definition) is 3. The van der Waals surface area contributed by atoms with Gasteiger partial charge in [0.05, 0.1) is 11.3 Å². The molecular weight excluding hydrogens is 249 g/mol. The SMILES string of the molecule is Cc1n[nH]c(C)c1CNc1ccc(F)c(C(=O)O)c1. The summed E-state index contributed by atoms with van der Waals surface area (Å²) in [5.74, 6) is -2.02. The molecule has 1 aromatic heterocycles. The van der Waals surface area contributed by atoms with Crippen molar-refractivity contribution in [2.45, 2.75) is 20.4 Å². The highest BCUT2D eigenvalue weighted by Crippen LogP contribution is 2.17. The predicted molar refractivity (Wildman–Crippen MR) is 68.7 cm³/mol. The second-order valence-corrected chi connectivity index (χ2v) is 4.27. The van der Waals surface area contributed by atoms with Crippen molar-refractivity contribution in [1.82, 2.24) is 10.2 Å². The van der Waals surface area contributed by atoms with Gasteiger partial charge in [0.15, 0.2) is 0 Å². The molecular formula is C13H14FN3O2. The lowest BCUT2D eigenvalue weighted by Gasteiger charge is -2.08. The molecule has 0 unspecified atom stereocenters. The van der Waals surface area contributed by atoms with Crippen molar-refractivity contribution in [1.29, 1.82) is 0 Å². The van der Waals surface area contributed by atoms with Gasteiger partial charge >= 0.3 is 5.97 Å². The fraction of sp³-hybridized carbons (Fsp3) is 0.231. The number of carboxylic acid groups (broad SMARTS) is 1. The standard InChI is InChI=1S/C13H14FN3O2/c1-7-11(8(2)17-16-7)6-15-9-3-4-12(14)10(5-9)13(18)19/h3-5,15H,6H2,1-2H3,(H,16,17)(H,18,19). The highest BCUT2D eigenvalue weighted by molar-refractivity contribution is 5.89. The van der Waals surface area contributed by atoms with Crippen molar-refractivity contribution >= 4 is 11.7 Å². The van der Waals surface area contributed by atoms with Gasteiger partial charge in [-0.1, -0.05) is 0 Å². The van der Waals surface area contributed by atoms with E-state index in [4.69, 9.17) is 5.11 Å². The molecule has 2 rings (SSSR count). The van der Waals surface area contributed by atoms with E-state index in [-0.39, 0.29) is 5.56 Å². The molecule has 0 atom stereocenters. The second kappa shape index (κ2) is 5.09. The minimum Gasteiger partial charge on any atom is -0.478 e. The van der Waals surface area contributed by atoms with Crippen molar-refractivity contribution in [3.63, 3.8) is 0 Å². The van der Waals surface area contributed by atoms with Crippen molar-refractivity contribution < 1.29 is 14.3 Å². The van der Waals surface area contributed by atoms with Gasteiger partial charge in [-0.15, -0.1) is 0 Å². The number of rotatable bonds is 4. The van der Waals surface area contributed by atoms with Crippen molar-refractivity contribution in [3.8, 4) is 0 Å². The predicted octanol–water partition coefficient (Wildman–Crippen LogP) is 2.48. The number of nitrogens with one attached hydrogen (secondary N) is 2. The lowest BCUT2D eigenvalue weighted by Crippen LogP contribution is -2.05. The van der Waals surface area contributed by atoms with Gasteiger partial charge < -0.3 is 10.4 Å². The van der Waals surface area contributed by atoms with E-state index in [0.717, 1.165) is 23.0 Å². The topological polar surface area (TPSA) is 78.0 Å². The van der Waals surface area contributed by atoms with Crippen LogP contribution in [0, 0.1) is 19.7 Å². The van der Waals surface area contributed by atoms with E-state index in [1.54, 1.807) is 0 Å². The number of aryl methyl sites for hydroxylation is 2. The van der Waals surface area contributed by atoms with E-state index < -0.39 is 11.8 Å². The normalized spacial score (nSPS) is 10.5. The zero-order valence-electron chi connectivity index (χ0n) is 10.6. The first-order chi connectivity index (χ1) is 8.99. The van der Waals surface area contributed by atoms with Crippen LogP contribution in [-0.2, 0) is 6.54 Å². The summed E-state index contributed by atoms with van der Waals surface area (Å²) < 4.78 is 13.2. The monoisotopic (exact) mass is 263 g/mol. The molecule has 0 saturated heterocycles. The number of benzene rings is 1. The summed E-state index contributed by atoms with van der Waals surface area (Å²) in [6, 6.07) is 3.93. The van der Waals surface area contributed by atoms with Gasteiger partial charge in [-0.25, -0.2) is 9.18 Å². The summed E-state index contributed by atoms with van der Waals surface area (Å²) in [5.41, 5.74) is 3.06. The molecule has 0 fully saturated rings. The average Bonchev–Trinajstić information content (AvgIpc) is 2.68. The average molecular weight is 263 g/mol. The van der Waals surface area contributed by atoms with E-state index in [9.17, 15) is 9.18 Å². The molecule has 3 N–H and O–H groups in total. The minimum atomic E-state index is -1.28. The van der Waals surface area contributed by atoms with Crippen LogP contribution in [0.25, 0.3) is 0 Å². The number of nitrogens with zero attached hydrogens (tertiary/aromatic N) is 1. The second-order valence-electron chi connectivity index (χ2n) is 4.27. The van der Waals surface area contributed by atoms with Crippen molar-refractivity contribution in [2.75, 3.05) is 5.32 Å². The molecule has 0 saturated carbocycles. The molecule has 6 heteroatoms. The molecule has 0 spiro atoms. The Morgan fingerprint density at radius 1 is 1.47 bits per heavy atom. The van der Waals surface area contributed by atoms with E-state index >= 15 is 0 Å². The fourth-order valence-corrected chi connectivity index (χ4v) is 1.82. The van der Waals surface area contributed by atoms with Crippen molar-refractivity contribution in [3.05, 3.63) is 46.5 Å². The number of carboxylic acids is 1. The van der Waals surface area contributed by atoms with Crippen LogP contribution in [0.5, 0.6) is 0 Å². The fourth-order valence-electron chi connectivity index (χ4n) is 1.82. The molecule has 0 radical (unpaired) electrons. The van der Waals surface area contributed by atoms with Crippen molar-refractivity contribution in [2.24, 2.45) is 0 Å². The lowest BCUT2D eigenvalue weighted by molar-refractivity contribution is 0.0692. The third kappa shape index (κ3) is 2.73. The molecule has 19 heavy (non-hydrogen) atoms. The maximum absolute atomic E-state index is 13.2. The number of halogens is 1. The highest BCUT2D eigenvalue weighted by Gasteiger charge is 2.11. The number of anilines is 1. The Hall–Kier alpha value is -2.37. The maximum Gasteiger partial charge on any atom is 0.338 e. The first-order valence-electron chi connectivity index (χ1n) is 5.76.